The van der Waals surface area contributed by atoms with Gasteiger partial charge in [-0.2, -0.15) is 5.10 Å². The molecular weight excluding hydrogens is 436 g/mol. The van der Waals surface area contributed by atoms with E-state index in [0.29, 0.717) is 23.0 Å². The average molecular weight is 465 g/mol. The first-order valence-electron chi connectivity index (χ1n) is 11.5. The zero-order valence-electron chi connectivity index (χ0n) is 19.1. The lowest BCUT2D eigenvalue weighted by Crippen LogP contribution is -2.44. The zero-order chi connectivity index (χ0) is 22.9. The number of aryl methyl sites for hydroxylation is 1. The van der Waals surface area contributed by atoms with Crippen molar-refractivity contribution < 1.29 is 4.79 Å². The van der Waals surface area contributed by atoms with E-state index in [1.807, 2.05) is 48.1 Å². The third kappa shape index (κ3) is 4.75. The highest BCUT2D eigenvalue weighted by molar-refractivity contribution is 6.31. The molecule has 0 radical (unpaired) electrons. The number of carbonyl (C=O) groups is 1. The molecule has 7 nitrogen and oxygen atoms in total. The molecule has 172 valence electrons. The lowest BCUT2D eigenvalue weighted by molar-refractivity contribution is 0.0950. The number of aromatic nitrogens is 3. The van der Waals surface area contributed by atoms with Gasteiger partial charge in [0, 0.05) is 49.9 Å². The Kier molecular flexibility index (Phi) is 6.08. The minimum Gasteiger partial charge on any atom is -0.354 e. The van der Waals surface area contributed by atoms with E-state index in [0.717, 1.165) is 67.3 Å². The number of piperazine rings is 1. The van der Waals surface area contributed by atoms with Crippen LogP contribution in [0.4, 0.5) is 5.82 Å². The van der Waals surface area contributed by atoms with E-state index in [1.54, 1.807) is 6.20 Å². The van der Waals surface area contributed by atoms with Crippen molar-refractivity contribution >= 4 is 23.3 Å². The Balaban J connectivity index is 1.27. The van der Waals surface area contributed by atoms with Crippen molar-refractivity contribution in [1.29, 1.82) is 0 Å². The van der Waals surface area contributed by atoms with Gasteiger partial charge in [0.2, 0.25) is 0 Å². The lowest BCUT2D eigenvalue weighted by Gasteiger charge is -2.33. The van der Waals surface area contributed by atoms with Gasteiger partial charge in [0.15, 0.2) is 0 Å². The molecule has 5 rings (SSSR count). The van der Waals surface area contributed by atoms with Crippen LogP contribution in [0.1, 0.15) is 45.9 Å². The standard InChI is InChI=1S/C25H29ClN6O/c1-17-3-7-20(13-22(17)26)32-24(19-5-6-19)21(16-29-32)25(33)28-15-18-4-8-23(27-14-18)31-11-9-30(2)10-12-31/h3-4,7-8,13-14,16,19H,5-6,9-12,15H2,1-2H3,(H,28,33). The third-order valence-corrected chi connectivity index (χ3v) is 6.91. The Labute approximate surface area is 199 Å². The smallest absolute Gasteiger partial charge is 0.255 e. The van der Waals surface area contributed by atoms with Gasteiger partial charge < -0.3 is 15.1 Å². The number of amides is 1. The summed E-state index contributed by atoms with van der Waals surface area (Å²) < 4.78 is 1.87. The summed E-state index contributed by atoms with van der Waals surface area (Å²) >= 11 is 6.33. The highest BCUT2D eigenvalue weighted by Gasteiger charge is 2.33. The van der Waals surface area contributed by atoms with Crippen molar-refractivity contribution in [2.75, 3.05) is 38.1 Å². The Morgan fingerprint density at radius 2 is 1.91 bits per heavy atom. The summed E-state index contributed by atoms with van der Waals surface area (Å²) in [4.78, 5) is 22.3. The van der Waals surface area contributed by atoms with Crippen LogP contribution in [0, 0.1) is 6.92 Å². The van der Waals surface area contributed by atoms with Gasteiger partial charge >= 0.3 is 0 Å². The summed E-state index contributed by atoms with van der Waals surface area (Å²) in [5, 5.41) is 8.29. The maximum atomic E-state index is 13.1. The number of carbonyl (C=O) groups excluding carboxylic acids is 1. The van der Waals surface area contributed by atoms with Crippen molar-refractivity contribution in [2.45, 2.75) is 32.2 Å². The topological polar surface area (TPSA) is 66.3 Å². The second-order valence-electron chi connectivity index (χ2n) is 9.06. The molecule has 2 fully saturated rings. The molecule has 2 aromatic heterocycles. The maximum absolute atomic E-state index is 13.1. The fourth-order valence-electron chi connectivity index (χ4n) is 4.22. The number of nitrogens with zero attached hydrogens (tertiary/aromatic N) is 5. The Bertz CT molecular complexity index is 1150. The fourth-order valence-corrected chi connectivity index (χ4v) is 4.40. The van der Waals surface area contributed by atoms with Crippen molar-refractivity contribution in [3.05, 3.63) is 70.1 Å². The van der Waals surface area contributed by atoms with Crippen molar-refractivity contribution in [3.8, 4) is 5.69 Å². The fraction of sp³-hybridized carbons (Fsp3) is 0.400. The molecule has 8 heteroatoms. The van der Waals surface area contributed by atoms with E-state index in [9.17, 15) is 4.79 Å². The molecule has 33 heavy (non-hydrogen) atoms. The summed E-state index contributed by atoms with van der Waals surface area (Å²) in [6.45, 7) is 6.47. The number of rotatable bonds is 6. The molecule has 1 aromatic carbocycles. The van der Waals surface area contributed by atoms with E-state index in [4.69, 9.17) is 11.6 Å². The number of likely N-dealkylation sites (N-methyl/N-ethyl adjacent to an activating group) is 1. The van der Waals surface area contributed by atoms with Gasteiger partial charge in [-0.3, -0.25) is 4.79 Å². The van der Waals surface area contributed by atoms with Crippen molar-refractivity contribution in [1.82, 2.24) is 25.0 Å². The second-order valence-corrected chi connectivity index (χ2v) is 9.47. The number of hydrogen-bond donors (Lipinski definition) is 1. The first kappa shape index (κ1) is 21.9. The van der Waals surface area contributed by atoms with E-state index < -0.39 is 0 Å². The second kappa shape index (κ2) is 9.15. The van der Waals surface area contributed by atoms with E-state index in [2.05, 4.69) is 32.2 Å². The molecule has 1 saturated heterocycles. The molecule has 1 aliphatic heterocycles. The highest BCUT2D eigenvalue weighted by Crippen LogP contribution is 2.42. The molecule has 1 N–H and O–H groups in total. The molecule has 1 amide bonds. The van der Waals surface area contributed by atoms with Crippen LogP contribution >= 0.6 is 11.6 Å². The highest BCUT2D eigenvalue weighted by atomic mass is 35.5. The largest absolute Gasteiger partial charge is 0.354 e. The molecule has 0 spiro atoms. The Morgan fingerprint density at radius 3 is 2.58 bits per heavy atom. The van der Waals surface area contributed by atoms with Gasteiger partial charge in [-0.05, 0) is 56.1 Å². The molecule has 1 aliphatic carbocycles. The summed E-state index contributed by atoms with van der Waals surface area (Å²) in [6.07, 6.45) is 5.67. The van der Waals surface area contributed by atoms with E-state index in [1.165, 1.54) is 0 Å². The summed E-state index contributed by atoms with van der Waals surface area (Å²) in [5.74, 6) is 1.25. The minimum atomic E-state index is -0.107. The molecule has 0 unspecified atom stereocenters. The molecule has 3 aromatic rings. The first-order valence-corrected chi connectivity index (χ1v) is 11.9. The number of halogens is 1. The predicted octanol–water partition coefficient (Wildman–Crippen LogP) is 3.79. The van der Waals surface area contributed by atoms with Crippen LogP contribution in [-0.2, 0) is 6.54 Å². The number of pyridine rings is 1. The van der Waals surface area contributed by atoms with E-state index in [-0.39, 0.29) is 5.91 Å². The summed E-state index contributed by atoms with van der Waals surface area (Å²) in [7, 11) is 2.14. The van der Waals surface area contributed by atoms with Gasteiger partial charge in [-0.1, -0.05) is 23.7 Å². The van der Waals surface area contributed by atoms with Crippen LogP contribution < -0.4 is 10.2 Å². The summed E-state index contributed by atoms with van der Waals surface area (Å²) in [6, 6.07) is 9.97. The van der Waals surface area contributed by atoms with Crippen LogP contribution in [0.15, 0.2) is 42.7 Å². The van der Waals surface area contributed by atoms with Gasteiger partial charge in [-0.25, -0.2) is 9.67 Å². The summed E-state index contributed by atoms with van der Waals surface area (Å²) in [5.41, 5.74) is 4.49. The van der Waals surface area contributed by atoms with Crippen LogP contribution in [0.2, 0.25) is 5.02 Å². The quantitative estimate of drug-likeness (QED) is 0.601. The normalized spacial score (nSPS) is 16.8. The number of benzene rings is 1. The zero-order valence-corrected chi connectivity index (χ0v) is 19.8. The molecule has 1 saturated carbocycles. The van der Waals surface area contributed by atoms with Crippen LogP contribution in [0.5, 0.6) is 0 Å². The van der Waals surface area contributed by atoms with Crippen molar-refractivity contribution in [3.63, 3.8) is 0 Å². The Hall–Kier alpha value is -2.90. The lowest BCUT2D eigenvalue weighted by atomic mass is 10.1. The molecule has 3 heterocycles. The monoisotopic (exact) mass is 464 g/mol. The predicted molar refractivity (Wildman–Crippen MR) is 130 cm³/mol. The number of anilines is 1. The van der Waals surface area contributed by atoms with E-state index >= 15 is 0 Å². The maximum Gasteiger partial charge on any atom is 0.255 e. The van der Waals surface area contributed by atoms with Crippen LogP contribution in [0.25, 0.3) is 5.69 Å². The van der Waals surface area contributed by atoms with Gasteiger partial charge in [-0.15, -0.1) is 0 Å². The molecule has 0 atom stereocenters. The van der Waals surface area contributed by atoms with Crippen molar-refractivity contribution in [2.24, 2.45) is 0 Å². The van der Waals surface area contributed by atoms with Gasteiger partial charge in [0.1, 0.15) is 5.82 Å². The average Bonchev–Trinajstić information content (AvgIpc) is 3.58. The SMILES string of the molecule is Cc1ccc(-n2ncc(C(=O)NCc3ccc(N4CCN(C)CC4)nc3)c2C2CC2)cc1Cl. The first-order chi connectivity index (χ1) is 16.0. The molecule has 2 aliphatic rings. The minimum absolute atomic E-state index is 0.107. The number of hydrogen-bond acceptors (Lipinski definition) is 5. The van der Waals surface area contributed by atoms with Gasteiger partial charge in [0.05, 0.1) is 23.1 Å². The van der Waals surface area contributed by atoms with Crippen LogP contribution in [-0.4, -0.2) is 58.8 Å². The number of nitrogens with one attached hydrogen (secondary N) is 1. The third-order valence-electron chi connectivity index (χ3n) is 6.50. The van der Waals surface area contributed by atoms with Crippen LogP contribution in [0.3, 0.4) is 0 Å². The molecular formula is C25H29ClN6O. The van der Waals surface area contributed by atoms with Gasteiger partial charge in [0.25, 0.3) is 5.91 Å². The molecule has 0 bridgehead atoms. The Morgan fingerprint density at radius 1 is 1.12 bits per heavy atom.